The van der Waals surface area contributed by atoms with Gasteiger partial charge in [-0.1, -0.05) is 0 Å². The molecule has 0 spiro atoms. The lowest BCUT2D eigenvalue weighted by Crippen LogP contribution is -2.38. The minimum atomic E-state index is -3.51. The van der Waals surface area contributed by atoms with Crippen LogP contribution in [0.4, 0.5) is 0 Å². The van der Waals surface area contributed by atoms with Gasteiger partial charge in [0, 0.05) is 18.8 Å². The second kappa shape index (κ2) is 6.00. The zero-order valence-corrected chi connectivity index (χ0v) is 11.8. The summed E-state index contributed by atoms with van der Waals surface area (Å²) in [6.45, 7) is 1.66. The molecule has 0 saturated carbocycles. The lowest BCUT2D eigenvalue weighted by molar-refractivity contribution is 0.269. The average Bonchev–Trinajstić information content (AvgIpc) is 2.97. The molecule has 0 aliphatic carbocycles. The number of sulfonamides is 1. The Balaban J connectivity index is 1.97. The van der Waals surface area contributed by atoms with Gasteiger partial charge in [-0.2, -0.15) is 5.10 Å². The van der Waals surface area contributed by atoms with Crippen molar-refractivity contribution in [2.75, 3.05) is 26.7 Å². The minimum Gasteiger partial charge on any atom is -0.394 e. The van der Waals surface area contributed by atoms with E-state index in [1.165, 1.54) is 17.1 Å². The Morgan fingerprint density at radius 3 is 3.00 bits per heavy atom. The molecule has 1 aliphatic rings. The first-order valence-electron chi connectivity index (χ1n) is 6.36. The summed E-state index contributed by atoms with van der Waals surface area (Å²) in [6, 6.07) is 0.266. The van der Waals surface area contributed by atoms with E-state index >= 15 is 0 Å². The molecular weight excluding hydrogens is 268 g/mol. The Kier molecular flexibility index (Phi) is 4.56. The summed E-state index contributed by atoms with van der Waals surface area (Å²) in [5.41, 5.74) is 0. The number of nitrogens with zero attached hydrogens (tertiary/aromatic N) is 3. The quantitative estimate of drug-likeness (QED) is 0.719. The second-order valence-corrected chi connectivity index (χ2v) is 6.56. The van der Waals surface area contributed by atoms with Gasteiger partial charge < -0.3 is 10.0 Å². The predicted octanol–water partition coefficient (Wildman–Crippen LogP) is -0.752. The molecule has 1 unspecified atom stereocenters. The molecule has 1 aromatic rings. The van der Waals surface area contributed by atoms with Crippen LogP contribution in [0.25, 0.3) is 0 Å². The maximum atomic E-state index is 12.1. The fraction of sp³-hybridized carbons (Fsp3) is 0.727. The molecule has 1 aliphatic heterocycles. The molecule has 1 aromatic heterocycles. The molecule has 0 radical (unpaired) electrons. The van der Waals surface area contributed by atoms with Gasteiger partial charge in [0.2, 0.25) is 10.0 Å². The Labute approximate surface area is 113 Å². The van der Waals surface area contributed by atoms with E-state index in [1.54, 1.807) is 0 Å². The maximum absolute atomic E-state index is 12.1. The van der Waals surface area contributed by atoms with Crippen LogP contribution in [0, 0.1) is 0 Å². The SMILES string of the molecule is CN1CCCC1CNS(=O)(=O)c1cnn(CCO)c1. The number of likely N-dealkylation sites (tertiary alicyclic amines) is 1. The van der Waals surface area contributed by atoms with Crippen LogP contribution in [-0.2, 0) is 16.6 Å². The summed E-state index contributed by atoms with van der Waals surface area (Å²) < 4.78 is 28.2. The lowest BCUT2D eigenvalue weighted by atomic mass is 10.2. The van der Waals surface area contributed by atoms with Gasteiger partial charge in [0.1, 0.15) is 4.90 Å². The molecule has 108 valence electrons. The molecule has 0 amide bonds. The molecule has 19 heavy (non-hydrogen) atoms. The highest BCUT2D eigenvalue weighted by molar-refractivity contribution is 7.89. The van der Waals surface area contributed by atoms with Crippen LogP contribution in [0.3, 0.4) is 0 Å². The highest BCUT2D eigenvalue weighted by atomic mass is 32.2. The zero-order chi connectivity index (χ0) is 13.9. The third-order valence-corrected chi connectivity index (χ3v) is 4.81. The molecule has 0 bridgehead atoms. The monoisotopic (exact) mass is 288 g/mol. The van der Waals surface area contributed by atoms with E-state index in [-0.39, 0.29) is 17.5 Å². The summed E-state index contributed by atoms with van der Waals surface area (Å²) >= 11 is 0. The van der Waals surface area contributed by atoms with Crippen molar-refractivity contribution in [2.45, 2.75) is 30.3 Å². The van der Waals surface area contributed by atoms with Gasteiger partial charge in [-0.05, 0) is 26.4 Å². The second-order valence-electron chi connectivity index (χ2n) is 4.79. The van der Waals surface area contributed by atoms with E-state index in [0.717, 1.165) is 19.4 Å². The van der Waals surface area contributed by atoms with Crippen LogP contribution in [-0.4, -0.2) is 61.0 Å². The number of hydrogen-bond acceptors (Lipinski definition) is 5. The normalized spacial score (nSPS) is 21.1. The third-order valence-electron chi connectivity index (χ3n) is 3.43. The van der Waals surface area contributed by atoms with Gasteiger partial charge in [-0.25, -0.2) is 13.1 Å². The first kappa shape index (κ1) is 14.4. The van der Waals surface area contributed by atoms with Crippen LogP contribution in [0.15, 0.2) is 17.3 Å². The van der Waals surface area contributed by atoms with Gasteiger partial charge in [-0.15, -0.1) is 0 Å². The van der Waals surface area contributed by atoms with Crippen LogP contribution >= 0.6 is 0 Å². The van der Waals surface area contributed by atoms with Gasteiger partial charge >= 0.3 is 0 Å². The Bertz CT molecular complexity index is 514. The molecule has 1 fully saturated rings. The Hall–Kier alpha value is -0.960. The van der Waals surface area contributed by atoms with Gasteiger partial charge in [0.15, 0.2) is 0 Å². The van der Waals surface area contributed by atoms with Crippen molar-refractivity contribution in [1.82, 2.24) is 19.4 Å². The van der Waals surface area contributed by atoms with Gasteiger partial charge in [0.25, 0.3) is 0 Å². The molecule has 1 saturated heterocycles. The van der Waals surface area contributed by atoms with Crippen molar-refractivity contribution in [1.29, 1.82) is 0 Å². The number of hydrogen-bond donors (Lipinski definition) is 2. The molecule has 1 atom stereocenters. The van der Waals surface area contributed by atoms with Crippen molar-refractivity contribution in [3.8, 4) is 0 Å². The topological polar surface area (TPSA) is 87.5 Å². The maximum Gasteiger partial charge on any atom is 0.243 e. The zero-order valence-electron chi connectivity index (χ0n) is 11.0. The average molecular weight is 288 g/mol. The van der Waals surface area contributed by atoms with E-state index in [4.69, 9.17) is 5.11 Å². The largest absolute Gasteiger partial charge is 0.394 e. The van der Waals surface area contributed by atoms with Crippen molar-refractivity contribution >= 4 is 10.0 Å². The van der Waals surface area contributed by atoms with Gasteiger partial charge in [0.05, 0.1) is 19.3 Å². The van der Waals surface area contributed by atoms with Crippen LogP contribution in [0.1, 0.15) is 12.8 Å². The summed E-state index contributed by atoms with van der Waals surface area (Å²) in [5.74, 6) is 0. The minimum absolute atomic E-state index is 0.0680. The van der Waals surface area contributed by atoms with Gasteiger partial charge in [-0.3, -0.25) is 4.68 Å². The number of rotatable bonds is 6. The number of likely N-dealkylation sites (N-methyl/N-ethyl adjacent to an activating group) is 1. The molecule has 8 heteroatoms. The molecule has 2 heterocycles. The summed E-state index contributed by atoms with van der Waals surface area (Å²) in [5, 5.41) is 12.7. The summed E-state index contributed by atoms with van der Waals surface area (Å²) in [6.07, 6.45) is 4.85. The first-order chi connectivity index (χ1) is 9.03. The van der Waals surface area contributed by atoms with E-state index < -0.39 is 10.0 Å². The van der Waals surface area contributed by atoms with E-state index in [1.807, 2.05) is 7.05 Å². The molecule has 0 aromatic carbocycles. The fourth-order valence-corrected chi connectivity index (χ4v) is 3.26. The first-order valence-corrected chi connectivity index (χ1v) is 7.84. The highest BCUT2D eigenvalue weighted by Crippen LogP contribution is 2.15. The molecule has 7 nitrogen and oxygen atoms in total. The van der Waals surface area contributed by atoms with Crippen LogP contribution < -0.4 is 4.72 Å². The van der Waals surface area contributed by atoms with E-state index in [0.29, 0.717) is 13.1 Å². The molecule has 2 rings (SSSR count). The van der Waals surface area contributed by atoms with Crippen molar-refractivity contribution < 1.29 is 13.5 Å². The fourth-order valence-electron chi connectivity index (χ4n) is 2.23. The standard InChI is InChI=1S/C11H20N4O3S/c1-14-4-2-3-10(14)7-13-19(17,18)11-8-12-15(9-11)5-6-16/h8-10,13,16H,2-7H2,1H3. The Morgan fingerprint density at radius 2 is 2.37 bits per heavy atom. The smallest absolute Gasteiger partial charge is 0.243 e. The van der Waals surface area contributed by atoms with E-state index in [9.17, 15) is 8.42 Å². The van der Waals surface area contributed by atoms with Crippen LogP contribution in [0.2, 0.25) is 0 Å². The van der Waals surface area contributed by atoms with Crippen molar-refractivity contribution in [2.24, 2.45) is 0 Å². The highest BCUT2D eigenvalue weighted by Gasteiger charge is 2.24. The van der Waals surface area contributed by atoms with Crippen LogP contribution in [0.5, 0.6) is 0 Å². The molecular formula is C11H20N4O3S. The third kappa shape index (κ3) is 3.53. The van der Waals surface area contributed by atoms with Crippen molar-refractivity contribution in [3.63, 3.8) is 0 Å². The van der Waals surface area contributed by atoms with Crippen molar-refractivity contribution in [3.05, 3.63) is 12.4 Å². The molecule has 2 N–H and O–H groups in total. The number of aliphatic hydroxyl groups is 1. The number of aromatic nitrogens is 2. The summed E-state index contributed by atoms with van der Waals surface area (Å²) in [4.78, 5) is 2.30. The number of nitrogens with one attached hydrogen (secondary N) is 1. The Morgan fingerprint density at radius 1 is 1.58 bits per heavy atom. The number of aliphatic hydroxyl groups excluding tert-OH is 1. The predicted molar refractivity (Wildman–Crippen MR) is 70.2 cm³/mol. The lowest BCUT2D eigenvalue weighted by Gasteiger charge is -2.19. The van der Waals surface area contributed by atoms with E-state index in [2.05, 4.69) is 14.7 Å². The summed E-state index contributed by atoms with van der Waals surface area (Å²) in [7, 11) is -1.51.